The summed E-state index contributed by atoms with van der Waals surface area (Å²) in [4.78, 5) is 2.19. The van der Waals surface area contributed by atoms with Crippen LogP contribution < -0.4 is 10.5 Å². The molecule has 2 aromatic rings. The second-order valence-electron chi connectivity index (χ2n) is 4.53. The quantitative estimate of drug-likeness (QED) is 0.897. The SMILES string of the molecule is COc1ccc(-c2ccc(C(C)CCN)s2)c(F)c1. The van der Waals surface area contributed by atoms with Crippen LogP contribution >= 0.6 is 11.3 Å². The van der Waals surface area contributed by atoms with E-state index in [0.29, 0.717) is 23.8 Å². The maximum Gasteiger partial charge on any atom is 0.135 e. The van der Waals surface area contributed by atoms with Crippen LogP contribution in [0.25, 0.3) is 10.4 Å². The van der Waals surface area contributed by atoms with Crippen molar-refractivity contribution in [3.8, 4) is 16.2 Å². The summed E-state index contributed by atoms with van der Waals surface area (Å²) in [5.41, 5.74) is 6.19. The molecule has 0 fully saturated rings. The van der Waals surface area contributed by atoms with Gasteiger partial charge in [-0.3, -0.25) is 0 Å². The molecule has 4 heteroatoms. The average Bonchev–Trinajstić information content (AvgIpc) is 2.88. The van der Waals surface area contributed by atoms with Gasteiger partial charge in [-0.15, -0.1) is 11.3 Å². The standard InChI is InChI=1S/C15H18FNOS/c1-10(7-8-17)14-5-6-15(19-14)12-4-3-11(18-2)9-13(12)16/h3-6,9-10H,7-8,17H2,1-2H3. The third kappa shape index (κ3) is 3.14. The number of benzene rings is 1. The van der Waals surface area contributed by atoms with E-state index in [2.05, 4.69) is 13.0 Å². The van der Waals surface area contributed by atoms with Crippen LogP contribution in [0.15, 0.2) is 30.3 Å². The zero-order valence-electron chi connectivity index (χ0n) is 11.2. The summed E-state index contributed by atoms with van der Waals surface area (Å²) in [6.07, 6.45) is 0.949. The number of halogens is 1. The molecule has 102 valence electrons. The maximum absolute atomic E-state index is 14.0. The summed E-state index contributed by atoms with van der Waals surface area (Å²) >= 11 is 1.63. The van der Waals surface area contributed by atoms with Crippen molar-refractivity contribution in [2.24, 2.45) is 5.73 Å². The number of rotatable bonds is 5. The fourth-order valence-corrected chi connectivity index (χ4v) is 3.10. The van der Waals surface area contributed by atoms with Crippen molar-refractivity contribution in [2.75, 3.05) is 13.7 Å². The van der Waals surface area contributed by atoms with Crippen molar-refractivity contribution >= 4 is 11.3 Å². The molecule has 1 aromatic carbocycles. The molecule has 1 unspecified atom stereocenters. The van der Waals surface area contributed by atoms with Crippen LogP contribution in [0, 0.1) is 5.82 Å². The Labute approximate surface area is 117 Å². The Morgan fingerprint density at radius 2 is 2.11 bits per heavy atom. The molecule has 2 N–H and O–H groups in total. The van der Waals surface area contributed by atoms with E-state index >= 15 is 0 Å². The van der Waals surface area contributed by atoms with E-state index in [4.69, 9.17) is 10.5 Å². The van der Waals surface area contributed by atoms with Crippen LogP contribution in [0.5, 0.6) is 5.75 Å². The first kappa shape index (κ1) is 14.0. The Balaban J connectivity index is 2.27. The lowest BCUT2D eigenvalue weighted by Gasteiger charge is -2.06. The van der Waals surface area contributed by atoms with Gasteiger partial charge in [0.25, 0.3) is 0 Å². The highest BCUT2D eigenvalue weighted by Gasteiger charge is 2.12. The second-order valence-corrected chi connectivity index (χ2v) is 5.64. The first-order chi connectivity index (χ1) is 9.15. The van der Waals surface area contributed by atoms with E-state index < -0.39 is 0 Å². The van der Waals surface area contributed by atoms with Gasteiger partial charge < -0.3 is 10.5 Å². The highest BCUT2D eigenvalue weighted by atomic mass is 32.1. The molecule has 1 atom stereocenters. The first-order valence-electron chi connectivity index (χ1n) is 6.29. The molecular formula is C15H18FNOS. The molecule has 2 nitrogen and oxygen atoms in total. The largest absolute Gasteiger partial charge is 0.497 e. The summed E-state index contributed by atoms with van der Waals surface area (Å²) in [6.45, 7) is 2.82. The number of methoxy groups -OCH3 is 1. The molecule has 0 aliphatic rings. The van der Waals surface area contributed by atoms with Crippen molar-refractivity contribution in [2.45, 2.75) is 19.3 Å². The Hall–Kier alpha value is -1.39. The van der Waals surface area contributed by atoms with Crippen LogP contribution in [0.4, 0.5) is 4.39 Å². The van der Waals surface area contributed by atoms with Gasteiger partial charge in [0.1, 0.15) is 11.6 Å². The minimum atomic E-state index is -0.251. The lowest BCUT2D eigenvalue weighted by molar-refractivity contribution is 0.411. The summed E-state index contributed by atoms with van der Waals surface area (Å²) in [7, 11) is 1.53. The fourth-order valence-electron chi connectivity index (χ4n) is 1.98. The normalized spacial score (nSPS) is 12.4. The van der Waals surface area contributed by atoms with Crippen LogP contribution in [-0.4, -0.2) is 13.7 Å². The molecule has 0 saturated carbocycles. The fraction of sp³-hybridized carbons (Fsp3) is 0.333. The monoisotopic (exact) mass is 279 g/mol. The smallest absolute Gasteiger partial charge is 0.135 e. The first-order valence-corrected chi connectivity index (χ1v) is 7.11. The molecular weight excluding hydrogens is 261 g/mol. The van der Waals surface area contributed by atoms with Crippen molar-refractivity contribution < 1.29 is 9.13 Å². The molecule has 0 aliphatic heterocycles. The summed E-state index contributed by atoms with van der Waals surface area (Å²) < 4.78 is 19.0. The van der Waals surface area contributed by atoms with Gasteiger partial charge in [0.2, 0.25) is 0 Å². The molecule has 0 aliphatic carbocycles. The molecule has 0 radical (unpaired) electrons. The predicted molar refractivity (Wildman–Crippen MR) is 78.4 cm³/mol. The van der Waals surface area contributed by atoms with Crippen LogP contribution in [0.1, 0.15) is 24.1 Å². The molecule has 2 rings (SSSR count). The third-order valence-electron chi connectivity index (χ3n) is 3.15. The Bertz CT molecular complexity index is 553. The summed E-state index contributed by atoms with van der Waals surface area (Å²) in [5.74, 6) is 0.707. The number of hydrogen-bond donors (Lipinski definition) is 1. The zero-order valence-corrected chi connectivity index (χ0v) is 12.0. The third-order valence-corrected chi connectivity index (χ3v) is 4.50. The summed E-state index contributed by atoms with van der Waals surface area (Å²) in [5, 5.41) is 0. The maximum atomic E-state index is 14.0. The van der Waals surface area contributed by atoms with Gasteiger partial charge in [-0.2, -0.15) is 0 Å². The van der Waals surface area contributed by atoms with Crippen molar-refractivity contribution in [1.82, 2.24) is 0 Å². The van der Waals surface area contributed by atoms with Crippen molar-refractivity contribution in [1.29, 1.82) is 0 Å². The number of nitrogens with two attached hydrogens (primary N) is 1. The summed E-state index contributed by atoms with van der Waals surface area (Å²) in [6, 6.07) is 8.98. The van der Waals surface area contributed by atoms with E-state index in [1.807, 2.05) is 6.07 Å². The molecule has 0 bridgehead atoms. The van der Waals surface area contributed by atoms with Gasteiger partial charge >= 0.3 is 0 Å². The van der Waals surface area contributed by atoms with E-state index in [1.54, 1.807) is 23.5 Å². The van der Waals surface area contributed by atoms with Gasteiger partial charge in [-0.05, 0) is 43.1 Å². The molecule has 0 saturated heterocycles. The van der Waals surface area contributed by atoms with E-state index in [1.165, 1.54) is 18.1 Å². The Morgan fingerprint density at radius 3 is 2.74 bits per heavy atom. The van der Waals surface area contributed by atoms with Crippen LogP contribution in [0.3, 0.4) is 0 Å². The predicted octanol–water partition coefficient (Wildman–Crippen LogP) is 4.02. The van der Waals surface area contributed by atoms with E-state index in [9.17, 15) is 4.39 Å². The number of ether oxygens (including phenoxy) is 1. The van der Waals surface area contributed by atoms with E-state index in [-0.39, 0.29) is 5.82 Å². The van der Waals surface area contributed by atoms with E-state index in [0.717, 1.165) is 11.3 Å². The Morgan fingerprint density at radius 1 is 1.32 bits per heavy atom. The van der Waals surface area contributed by atoms with Gasteiger partial charge in [-0.25, -0.2) is 4.39 Å². The molecule has 0 spiro atoms. The minimum absolute atomic E-state index is 0.251. The topological polar surface area (TPSA) is 35.2 Å². The van der Waals surface area contributed by atoms with Crippen molar-refractivity contribution in [3.63, 3.8) is 0 Å². The Kier molecular flexibility index (Phi) is 4.56. The molecule has 19 heavy (non-hydrogen) atoms. The number of thiophene rings is 1. The number of hydrogen-bond acceptors (Lipinski definition) is 3. The second kappa shape index (κ2) is 6.17. The molecule has 0 amide bonds. The minimum Gasteiger partial charge on any atom is -0.497 e. The van der Waals surface area contributed by atoms with Crippen LogP contribution in [0.2, 0.25) is 0 Å². The van der Waals surface area contributed by atoms with Crippen molar-refractivity contribution in [3.05, 3.63) is 41.0 Å². The zero-order chi connectivity index (χ0) is 13.8. The average molecular weight is 279 g/mol. The lowest BCUT2D eigenvalue weighted by Crippen LogP contribution is -2.03. The van der Waals surface area contributed by atoms with Gasteiger partial charge in [0, 0.05) is 21.4 Å². The molecule has 1 aromatic heterocycles. The highest BCUT2D eigenvalue weighted by Crippen LogP contribution is 2.35. The lowest BCUT2D eigenvalue weighted by atomic mass is 10.1. The van der Waals surface area contributed by atoms with Gasteiger partial charge in [0.05, 0.1) is 7.11 Å². The van der Waals surface area contributed by atoms with Crippen LogP contribution in [-0.2, 0) is 0 Å². The molecule has 1 heterocycles. The van der Waals surface area contributed by atoms with Gasteiger partial charge in [-0.1, -0.05) is 6.92 Å². The highest BCUT2D eigenvalue weighted by molar-refractivity contribution is 7.15. The van der Waals surface area contributed by atoms with Gasteiger partial charge in [0.15, 0.2) is 0 Å².